The number of amides is 1. The molecule has 0 radical (unpaired) electrons. The highest BCUT2D eigenvalue weighted by Crippen LogP contribution is 2.25. The van der Waals surface area contributed by atoms with Crippen LogP contribution in [0.4, 0.5) is 5.69 Å². The minimum Gasteiger partial charge on any atom is -0.493 e. The molecule has 2 rings (SSSR count). The Morgan fingerprint density at radius 2 is 1.73 bits per heavy atom. The van der Waals surface area contributed by atoms with Crippen LogP contribution in [-0.2, 0) is 11.2 Å². The molecule has 0 aliphatic heterocycles. The van der Waals surface area contributed by atoms with Gasteiger partial charge in [0, 0.05) is 23.1 Å². The summed E-state index contributed by atoms with van der Waals surface area (Å²) in [4.78, 5) is 12.0. The fourth-order valence-corrected chi connectivity index (χ4v) is 2.43. The molecule has 0 aromatic heterocycles. The van der Waals surface area contributed by atoms with Crippen molar-refractivity contribution in [3.63, 3.8) is 0 Å². The number of allylic oxidation sites excluding steroid dienone is 2. The second-order valence-electron chi connectivity index (χ2n) is 7.47. The van der Waals surface area contributed by atoms with Gasteiger partial charge in [-0.1, -0.05) is 57.2 Å². The van der Waals surface area contributed by atoms with Crippen molar-refractivity contribution >= 4 is 17.2 Å². The molecule has 1 amide bonds. The van der Waals surface area contributed by atoms with Gasteiger partial charge in [-0.25, -0.2) is 0 Å². The second kappa shape index (κ2) is 8.70. The molecule has 0 heterocycles. The number of benzene rings is 2. The van der Waals surface area contributed by atoms with Crippen LogP contribution in [0.3, 0.4) is 0 Å². The van der Waals surface area contributed by atoms with E-state index < -0.39 is 5.41 Å². The topological polar surface area (TPSA) is 38.3 Å². The van der Waals surface area contributed by atoms with Gasteiger partial charge in [0.25, 0.3) is 0 Å². The molecule has 26 heavy (non-hydrogen) atoms. The van der Waals surface area contributed by atoms with Crippen molar-refractivity contribution in [2.45, 2.75) is 41.0 Å². The molecule has 0 bridgehead atoms. The fourth-order valence-electron chi connectivity index (χ4n) is 2.43. The van der Waals surface area contributed by atoms with Crippen molar-refractivity contribution in [3.8, 4) is 5.75 Å². The lowest BCUT2D eigenvalue weighted by Crippen LogP contribution is -2.27. The van der Waals surface area contributed by atoms with Crippen molar-refractivity contribution in [2.24, 2.45) is 5.41 Å². The van der Waals surface area contributed by atoms with Gasteiger partial charge >= 0.3 is 0 Å². The Morgan fingerprint density at radius 3 is 2.35 bits per heavy atom. The molecule has 3 heteroatoms. The Balaban J connectivity index is 1.92. The predicted molar refractivity (Wildman–Crippen MR) is 109 cm³/mol. The van der Waals surface area contributed by atoms with E-state index in [1.807, 2.05) is 70.2 Å². The summed E-state index contributed by atoms with van der Waals surface area (Å²) < 4.78 is 5.99. The summed E-state index contributed by atoms with van der Waals surface area (Å²) in [5.41, 5.74) is 3.95. The summed E-state index contributed by atoms with van der Waals surface area (Å²) in [6.45, 7) is 10.4. The number of hydrogen-bond acceptors (Lipinski definition) is 2. The molecule has 0 aliphatic rings. The molecule has 1 N–H and O–H groups in total. The number of para-hydroxylation sites is 1. The average Bonchev–Trinajstić information content (AvgIpc) is 2.62. The Labute approximate surface area is 157 Å². The van der Waals surface area contributed by atoms with E-state index in [-0.39, 0.29) is 5.91 Å². The number of anilines is 1. The summed E-state index contributed by atoms with van der Waals surface area (Å²) in [6.07, 6.45) is 2.91. The molecule has 0 fully saturated rings. The SMILES string of the molecule is C/C=C(\C)c1ccccc1OCCc1ccc(NC(=O)C(C)(C)C)cc1. The second-order valence-corrected chi connectivity index (χ2v) is 7.47. The van der Waals surface area contributed by atoms with Crippen molar-refractivity contribution in [1.82, 2.24) is 0 Å². The van der Waals surface area contributed by atoms with Gasteiger partial charge in [-0.15, -0.1) is 0 Å². The normalized spacial score (nSPS) is 12.0. The minimum atomic E-state index is -0.398. The Kier molecular flexibility index (Phi) is 6.62. The standard InChI is InChI=1S/C23H29NO2/c1-6-17(2)20-9-7-8-10-21(20)26-16-15-18-11-13-19(14-12-18)24-22(25)23(3,4)5/h6-14H,15-16H2,1-5H3,(H,24,25)/b17-6+. The van der Waals surface area contributed by atoms with Crippen molar-refractivity contribution in [1.29, 1.82) is 0 Å². The number of hydrogen-bond donors (Lipinski definition) is 1. The zero-order chi connectivity index (χ0) is 19.2. The number of carbonyl (C=O) groups excluding carboxylic acids is 1. The van der Waals surface area contributed by atoms with Gasteiger partial charge in [-0.3, -0.25) is 4.79 Å². The molecule has 2 aromatic rings. The highest BCUT2D eigenvalue weighted by molar-refractivity contribution is 5.94. The van der Waals surface area contributed by atoms with Crippen LogP contribution in [0.2, 0.25) is 0 Å². The van der Waals surface area contributed by atoms with Gasteiger partial charge in [0.15, 0.2) is 0 Å². The van der Waals surface area contributed by atoms with Crippen LogP contribution in [0.5, 0.6) is 5.75 Å². The van der Waals surface area contributed by atoms with E-state index in [1.165, 1.54) is 11.1 Å². The lowest BCUT2D eigenvalue weighted by molar-refractivity contribution is -0.123. The van der Waals surface area contributed by atoms with Gasteiger partial charge in [0.05, 0.1) is 6.61 Å². The van der Waals surface area contributed by atoms with E-state index in [1.54, 1.807) is 0 Å². The number of ether oxygens (including phenoxy) is 1. The molecule has 2 aromatic carbocycles. The highest BCUT2D eigenvalue weighted by atomic mass is 16.5. The maximum Gasteiger partial charge on any atom is 0.229 e. The smallest absolute Gasteiger partial charge is 0.229 e. The van der Waals surface area contributed by atoms with E-state index in [0.29, 0.717) is 6.61 Å². The Bertz CT molecular complexity index is 768. The lowest BCUT2D eigenvalue weighted by atomic mass is 9.95. The van der Waals surface area contributed by atoms with Gasteiger partial charge in [-0.2, -0.15) is 0 Å². The van der Waals surface area contributed by atoms with Crippen LogP contribution in [0.25, 0.3) is 5.57 Å². The molecule has 3 nitrogen and oxygen atoms in total. The molecule has 138 valence electrons. The first-order valence-electron chi connectivity index (χ1n) is 9.07. The van der Waals surface area contributed by atoms with E-state index in [9.17, 15) is 4.79 Å². The van der Waals surface area contributed by atoms with E-state index in [0.717, 1.165) is 23.4 Å². The van der Waals surface area contributed by atoms with Crippen LogP contribution in [0.15, 0.2) is 54.6 Å². The maximum atomic E-state index is 12.0. The molecular formula is C23H29NO2. The molecule has 0 atom stereocenters. The van der Waals surface area contributed by atoms with E-state index >= 15 is 0 Å². The van der Waals surface area contributed by atoms with Gasteiger partial charge in [0.1, 0.15) is 5.75 Å². The van der Waals surface area contributed by atoms with Gasteiger partial charge in [0.2, 0.25) is 5.91 Å². The maximum absolute atomic E-state index is 12.0. The van der Waals surface area contributed by atoms with Crippen LogP contribution in [0, 0.1) is 5.41 Å². The molecule has 0 unspecified atom stereocenters. The van der Waals surface area contributed by atoms with Crippen LogP contribution < -0.4 is 10.1 Å². The number of carbonyl (C=O) groups is 1. The van der Waals surface area contributed by atoms with Crippen molar-refractivity contribution in [2.75, 3.05) is 11.9 Å². The van der Waals surface area contributed by atoms with Crippen LogP contribution in [0.1, 0.15) is 45.7 Å². The summed E-state index contributed by atoms with van der Waals surface area (Å²) in [5.74, 6) is 0.932. The molecular weight excluding hydrogens is 322 g/mol. The lowest BCUT2D eigenvalue weighted by Gasteiger charge is -2.17. The third-order valence-corrected chi connectivity index (χ3v) is 4.29. The Morgan fingerprint density at radius 1 is 1.08 bits per heavy atom. The number of nitrogens with one attached hydrogen (secondary N) is 1. The van der Waals surface area contributed by atoms with E-state index in [2.05, 4.69) is 24.4 Å². The zero-order valence-corrected chi connectivity index (χ0v) is 16.4. The van der Waals surface area contributed by atoms with Crippen molar-refractivity contribution in [3.05, 3.63) is 65.7 Å². The molecule has 0 aliphatic carbocycles. The molecule has 0 saturated heterocycles. The quantitative estimate of drug-likeness (QED) is 0.723. The zero-order valence-electron chi connectivity index (χ0n) is 16.4. The average molecular weight is 351 g/mol. The highest BCUT2D eigenvalue weighted by Gasteiger charge is 2.20. The van der Waals surface area contributed by atoms with Gasteiger partial charge in [-0.05, 0) is 43.2 Å². The summed E-state index contributed by atoms with van der Waals surface area (Å²) in [6, 6.07) is 16.1. The molecule has 0 spiro atoms. The van der Waals surface area contributed by atoms with Crippen LogP contribution >= 0.6 is 0 Å². The first-order chi connectivity index (χ1) is 12.3. The summed E-state index contributed by atoms with van der Waals surface area (Å²) in [7, 11) is 0. The Hall–Kier alpha value is -2.55. The third-order valence-electron chi connectivity index (χ3n) is 4.29. The first kappa shape index (κ1) is 19.8. The summed E-state index contributed by atoms with van der Waals surface area (Å²) >= 11 is 0. The van der Waals surface area contributed by atoms with Gasteiger partial charge < -0.3 is 10.1 Å². The first-order valence-corrected chi connectivity index (χ1v) is 9.07. The summed E-state index contributed by atoms with van der Waals surface area (Å²) in [5, 5.41) is 2.94. The largest absolute Gasteiger partial charge is 0.493 e. The number of rotatable bonds is 6. The van der Waals surface area contributed by atoms with E-state index in [4.69, 9.17) is 4.74 Å². The molecule has 0 saturated carbocycles. The minimum absolute atomic E-state index is 0.0181. The monoisotopic (exact) mass is 351 g/mol. The van der Waals surface area contributed by atoms with Crippen molar-refractivity contribution < 1.29 is 9.53 Å². The predicted octanol–water partition coefficient (Wildman–Crippen LogP) is 5.72. The third kappa shape index (κ3) is 5.48. The fraction of sp³-hybridized carbons (Fsp3) is 0.348. The van der Waals surface area contributed by atoms with Crippen LogP contribution in [-0.4, -0.2) is 12.5 Å².